The molecule has 0 aromatic heterocycles. The van der Waals surface area contributed by atoms with Gasteiger partial charge in [-0.2, -0.15) is 0 Å². The fourth-order valence-corrected chi connectivity index (χ4v) is 1.38. The van der Waals surface area contributed by atoms with Crippen LogP contribution in [-0.2, 0) is 14.3 Å². The number of ether oxygens (including phenoxy) is 2. The number of hydrogen-bond acceptors (Lipinski definition) is 4. The second-order valence-corrected chi connectivity index (χ2v) is 3.49. The van der Waals surface area contributed by atoms with Crippen LogP contribution in [0.3, 0.4) is 0 Å². The summed E-state index contributed by atoms with van der Waals surface area (Å²) in [6.07, 6.45) is 3.25. The Balaban J connectivity index is 1.96. The summed E-state index contributed by atoms with van der Waals surface area (Å²) in [5, 5.41) is 2.99. The van der Waals surface area contributed by atoms with Crippen molar-refractivity contribution in [1.29, 1.82) is 0 Å². The van der Waals surface area contributed by atoms with Crippen LogP contribution in [0.5, 0.6) is 0 Å². The third-order valence-electron chi connectivity index (χ3n) is 2.15. The van der Waals surface area contributed by atoms with E-state index in [1.165, 1.54) is 0 Å². The van der Waals surface area contributed by atoms with Gasteiger partial charge in [-0.1, -0.05) is 6.92 Å². The summed E-state index contributed by atoms with van der Waals surface area (Å²) in [6, 6.07) is 0. The molecular formula is C10H19NO3. The number of rotatable bonds is 6. The van der Waals surface area contributed by atoms with Crippen molar-refractivity contribution in [1.82, 2.24) is 5.32 Å². The molecule has 1 atom stereocenters. The van der Waals surface area contributed by atoms with Crippen LogP contribution in [-0.4, -0.2) is 38.4 Å². The first kappa shape index (κ1) is 11.5. The van der Waals surface area contributed by atoms with Crippen molar-refractivity contribution >= 4 is 5.97 Å². The maximum absolute atomic E-state index is 11.1. The van der Waals surface area contributed by atoms with Gasteiger partial charge in [-0.3, -0.25) is 4.79 Å². The van der Waals surface area contributed by atoms with Gasteiger partial charge in [0.15, 0.2) is 0 Å². The molecule has 0 radical (unpaired) electrons. The standard InChI is InChI=1S/C10H19NO3/c1-2-5-11-7-10(12)14-8-9-4-3-6-13-9/h9,11H,2-8H2,1H3. The Morgan fingerprint density at radius 1 is 1.64 bits per heavy atom. The highest BCUT2D eigenvalue weighted by Gasteiger charge is 2.16. The summed E-state index contributed by atoms with van der Waals surface area (Å²) in [5.74, 6) is -0.186. The monoisotopic (exact) mass is 201 g/mol. The third-order valence-corrected chi connectivity index (χ3v) is 2.15. The molecule has 0 spiro atoms. The van der Waals surface area contributed by atoms with Crippen LogP contribution in [0.2, 0.25) is 0 Å². The second kappa shape index (κ2) is 6.79. The van der Waals surface area contributed by atoms with E-state index < -0.39 is 0 Å². The highest BCUT2D eigenvalue weighted by Crippen LogP contribution is 2.11. The Kier molecular flexibility index (Phi) is 5.56. The fourth-order valence-electron chi connectivity index (χ4n) is 1.38. The number of carbonyl (C=O) groups excluding carboxylic acids is 1. The molecule has 1 rings (SSSR count). The van der Waals surface area contributed by atoms with Crippen LogP contribution in [0, 0.1) is 0 Å². The molecule has 14 heavy (non-hydrogen) atoms. The maximum atomic E-state index is 11.1. The van der Waals surface area contributed by atoms with Gasteiger partial charge >= 0.3 is 5.97 Å². The highest BCUT2D eigenvalue weighted by atomic mass is 16.6. The van der Waals surface area contributed by atoms with E-state index in [4.69, 9.17) is 9.47 Å². The van der Waals surface area contributed by atoms with Gasteiger partial charge in [0.2, 0.25) is 0 Å². The molecular weight excluding hydrogens is 182 g/mol. The lowest BCUT2D eigenvalue weighted by atomic mass is 10.2. The molecule has 1 unspecified atom stereocenters. The lowest BCUT2D eigenvalue weighted by molar-refractivity contribution is -0.145. The van der Waals surface area contributed by atoms with Crippen molar-refractivity contribution in [2.75, 3.05) is 26.3 Å². The molecule has 82 valence electrons. The van der Waals surface area contributed by atoms with Gasteiger partial charge in [0.05, 0.1) is 12.6 Å². The Morgan fingerprint density at radius 3 is 3.14 bits per heavy atom. The van der Waals surface area contributed by atoms with Crippen LogP contribution >= 0.6 is 0 Å². The molecule has 1 heterocycles. The molecule has 0 bridgehead atoms. The molecule has 1 saturated heterocycles. The van der Waals surface area contributed by atoms with E-state index in [2.05, 4.69) is 12.2 Å². The van der Waals surface area contributed by atoms with E-state index in [0.717, 1.165) is 32.4 Å². The van der Waals surface area contributed by atoms with Crippen LogP contribution < -0.4 is 5.32 Å². The summed E-state index contributed by atoms with van der Waals surface area (Å²) in [7, 11) is 0. The van der Waals surface area contributed by atoms with Crippen molar-refractivity contribution in [3.05, 3.63) is 0 Å². The quantitative estimate of drug-likeness (QED) is 0.508. The Morgan fingerprint density at radius 2 is 2.50 bits per heavy atom. The Labute approximate surface area is 85.0 Å². The van der Waals surface area contributed by atoms with E-state index in [9.17, 15) is 4.79 Å². The number of esters is 1. The Bertz CT molecular complexity index is 167. The van der Waals surface area contributed by atoms with Crippen molar-refractivity contribution in [2.24, 2.45) is 0 Å². The van der Waals surface area contributed by atoms with Crippen molar-refractivity contribution in [3.63, 3.8) is 0 Å². The van der Waals surface area contributed by atoms with E-state index in [0.29, 0.717) is 13.2 Å². The molecule has 4 heteroatoms. The average molecular weight is 201 g/mol. The molecule has 0 aromatic carbocycles. The topological polar surface area (TPSA) is 47.6 Å². The summed E-state index contributed by atoms with van der Waals surface area (Å²) in [4.78, 5) is 11.1. The van der Waals surface area contributed by atoms with Crippen molar-refractivity contribution < 1.29 is 14.3 Å². The number of hydrogen-bond donors (Lipinski definition) is 1. The minimum Gasteiger partial charge on any atom is -0.462 e. The zero-order valence-electron chi connectivity index (χ0n) is 8.75. The molecule has 4 nitrogen and oxygen atoms in total. The molecule has 0 aliphatic carbocycles. The first-order valence-electron chi connectivity index (χ1n) is 5.31. The fraction of sp³-hybridized carbons (Fsp3) is 0.900. The first-order valence-corrected chi connectivity index (χ1v) is 5.31. The van der Waals surface area contributed by atoms with Gasteiger partial charge in [-0.15, -0.1) is 0 Å². The lowest BCUT2D eigenvalue weighted by Gasteiger charge is -2.10. The van der Waals surface area contributed by atoms with E-state index in [1.807, 2.05) is 0 Å². The van der Waals surface area contributed by atoms with Gasteiger partial charge in [-0.05, 0) is 25.8 Å². The van der Waals surface area contributed by atoms with Crippen LogP contribution in [0.15, 0.2) is 0 Å². The summed E-state index contributed by atoms with van der Waals surface area (Å²) >= 11 is 0. The van der Waals surface area contributed by atoms with Crippen molar-refractivity contribution in [2.45, 2.75) is 32.3 Å². The zero-order chi connectivity index (χ0) is 10.2. The maximum Gasteiger partial charge on any atom is 0.320 e. The molecule has 1 fully saturated rings. The summed E-state index contributed by atoms with van der Waals surface area (Å²) in [6.45, 7) is 4.43. The second-order valence-electron chi connectivity index (χ2n) is 3.49. The van der Waals surface area contributed by atoms with Crippen LogP contribution in [0.25, 0.3) is 0 Å². The summed E-state index contributed by atoms with van der Waals surface area (Å²) < 4.78 is 10.4. The lowest BCUT2D eigenvalue weighted by Crippen LogP contribution is -2.27. The molecule has 0 amide bonds. The Hall–Kier alpha value is -0.610. The van der Waals surface area contributed by atoms with Crippen LogP contribution in [0.1, 0.15) is 26.2 Å². The predicted octanol–water partition coefficient (Wildman–Crippen LogP) is 0.708. The third kappa shape index (κ3) is 4.58. The van der Waals surface area contributed by atoms with Crippen molar-refractivity contribution in [3.8, 4) is 0 Å². The largest absolute Gasteiger partial charge is 0.462 e. The van der Waals surface area contributed by atoms with Gasteiger partial charge in [-0.25, -0.2) is 0 Å². The number of nitrogens with one attached hydrogen (secondary N) is 1. The zero-order valence-corrected chi connectivity index (χ0v) is 8.75. The van der Waals surface area contributed by atoms with E-state index >= 15 is 0 Å². The highest BCUT2D eigenvalue weighted by molar-refractivity contribution is 5.71. The molecule has 1 aliphatic heterocycles. The molecule has 0 aromatic rings. The van der Waals surface area contributed by atoms with Crippen LogP contribution in [0.4, 0.5) is 0 Å². The summed E-state index contributed by atoms with van der Waals surface area (Å²) in [5.41, 5.74) is 0. The van der Waals surface area contributed by atoms with E-state index in [1.54, 1.807) is 0 Å². The SMILES string of the molecule is CCCNCC(=O)OCC1CCCO1. The molecule has 1 aliphatic rings. The van der Waals surface area contributed by atoms with Gasteiger partial charge in [0, 0.05) is 6.61 Å². The average Bonchev–Trinajstić information content (AvgIpc) is 2.68. The minimum absolute atomic E-state index is 0.130. The van der Waals surface area contributed by atoms with Gasteiger partial charge < -0.3 is 14.8 Å². The van der Waals surface area contributed by atoms with E-state index in [-0.39, 0.29) is 12.1 Å². The van der Waals surface area contributed by atoms with Gasteiger partial charge in [0.1, 0.15) is 6.61 Å². The van der Waals surface area contributed by atoms with Gasteiger partial charge in [0.25, 0.3) is 0 Å². The minimum atomic E-state index is -0.186. The first-order chi connectivity index (χ1) is 6.83. The molecule has 1 N–H and O–H groups in total. The smallest absolute Gasteiger partial charge is 0.320 e. The predicted molar refractivity (Wildman–Crippen MR) is 53.1 cm³/mol. The molecule has 0 saturated carbocycles. The number of carbonyl (C=O) groups is 1. The normalized spacial score (nSPS) is 21.1.